The molecular formula is C21H28N4O. The quantitative estimate of drug-likeness (QED) is 0.847. The van der Waals surface area contributed by atoms with Crippen LogP contribution in [0.5, 0.6) is 0 Å². The third kappa shape index (κ3) is 4.75. The van der Waals surface area contributed by atoms with Crippen molar-refractivity contribution in [3.8, 4) is 0 Å². The summed E-state index contributed by atoms with van der Waals surface area (Å²) >= 11 is 0. The van der Waals surface area contributed by atoms with Crippen molar-refractivity contribution in [3.05, 3.63) is 48.3 Å². The van der Waals surface area contributed by atoms with Gasteiger partial charge in [0.05, 0.1) is 11.9 Å². The molecule has 0 unspecified atom stereocenters. The molecule has 26 heavy (non-hydrogen) atoms. The number of carbonyl (C=O) groups excluding carboxylic acids is 1. The minimum absolute atomic E-state index is 0.101. The van der Waals surface area contributed by atoms with Gasteiger partial charge in [0.2, 0.25) is 0 Å². The first kappa shape index (κ1) is 18.2. The van der Waals surface area contributed by atoms with Gasteiger partial charge < -0.3 is 15.5 Å². The van der Waals surface area contributed by atoms with Gasteiger partial charge in [0.1, 0.15) is 5.69 Å². The van der Waals surface area contributed by atoms with Crippen LogP contribution in [0.2, 0.25) is 0 Å². The van der Waals surface area contributed by atoms with E-state index in [0.29, 0.717) is 5.69 Å². The number of nitrogens with one attached hydrogen (secondary N) is 2. The monoisotopic (exact) mass is 352 g/mol. The van der Waals surface area contributed by atoms with Gasteiger partial charge in [-0.3, -0.25) is 4.79 Å². The maximum Gasteiger partial charge on any atom is 0.270 e. The van der Waals surface area contributed by atoms with E-state index in [2.05, 4.69) is 51.7 Å². The minimum atomic E-state index is -0.147. The topological polar surface area (TPSA) is 57.3 Å². The highest BCUT2D eigenvalue weighted by molar-refractivity contribution is 5.92. The molecule has 0 saturated carbocycles. The maximum absolute atomic E-state index is 11.9. The van der Waals surface area contributed by atoms with Crippen LogP contribution in [0.3, 0.4) is 0 Å². The first-order valence-electron chi connectivity index (χ1n) is 9.40. The summed E-state index contributed by atoms with van der Waals surface area (Å²) in [6.45, 7) is 8.47. The molecule has 1 aromatic carbocycles. The lowest BCUT2D eigenvalue weighted by atomic mass is 9.99. The molecule has 138 valence electrons. The number of carbonyl (C=O) groups is 1. The number of amides is 1. The third-order valence-electron chi connectivity index (χ3n) is 4.72. The lowest BCUT2D eigenvalue weighted by molar-refractivity contribution is 0.0938. The molecule has 0 radical (unpaired) electrons. The molecule has 0 aliphatic carbocycles. The molecule has 0 atom stereocenters. The Labute approximate surface area is 155 Å². The van der Waals surface area contributed by atoms with Gasteiger partial charge >= 0.3 is 0 Å². The molecule has 0 bridgehead atoms. The smallest absolute Gasteiger partial charge is 0.270 e. The summed E-state index contributed by atoms with van der Waals surface area (Å²) in [5.41, 5.74) is 3.59. The van der Waals surface area contributed by atoms with Gasteiger partial charge in [-0.15, -0.1) is 0 Å². The fraction of sp³-hybridized carbons (Fsp3) is 0.429. The molecule has 5 heteroatoms. The number of benzene rings is 1. The minimum Gasteiger partial charge on any atom is -0.372 e. The Morgan fingerprint density at radius 3 is 2.31 bits per heavy atom. The number of hydrogen-bond acceptors (Lipinski definition) is 4. The van der Waals surface area contributed by atoms with Crippen LogP contribution in [0.25, 0.3) is 0 Å². The van der Waals surface area contributed by atoms with E-state index in [9.17, 15) is 4.79 Å². The van der Waals surface area contributed by atoms with Crippen molar-refractivity contribution in [2.75, 3.05) is 23.3 Å². The van der Waals surface area contributed by atoms with Gasteiger partial charge in [-0.25, -0.2) is 4.98 Å². The van der Waals surface area contributed by atoms with Gasteiger partial charge in [0.15, 0.2) is 0 Å². The summed E-state index contributed by atoms with van der Waals surface area (Å²) in [6, 6.07) is 12.2. The molecule has 1 aromatic heterocycles. The van der Waals surface area contributed by atoms with E-state index in [1.165, 1.54) is 18.5 Å². The normalized spacial score (nSPS) is 15.2. The molecular weight excluding hydrogens is 324 g/mol. The van der Waals surface area contributed by atoms with Crippen LogP contribution in [-0.2, 0) is 0 Å². The Balaban J connectivity index is 1.59. The van der Waals surface area contributed by atoms with Crippen molar-refractivity contribution in [3.63, 3.8) is 0 Å². The number of rotatable bonds is 5. The zero-order valence-electron chi connectivity index (χ0n) is 15.8. The van der Waals surface area contributed by atoms with Gasteiger partial charge in [0, 0.05) is 30.5 Å². The van der Waals surface area contributed by atoms with E-state index in [1.807, 2.05) is 19.9 Å². The van der Waals surface area contributed by atoms with Gasteiger partial charge in [-0.05, 0) is 69.0 Å². The number of hydrogen-bond donors (Lipinski definition) is 2. The van der Waals surface area contributed by atoms with E-state index >= 15 is 0 Å². The number of pyridine rings is 1. The van der Waals surface area contributed by atoms with Crippen molar-refractivity contribution < 1.29 is 4.79 Å². The average Bonchev–Trinajstić information content (AvgIpc) is 2.63. The van der Waals surface area contributed by atoms with E-state index in [4.69, 9.17) is 0 Å². The zero-order valence-corrected chi connectivity index (χ0v) is 15.8. The molecule has 1 aliphatic heterocycles. The SMILES string of the molecule is CC1CCN(c2ccc(Nc3ccc(C(=O)NC(C)C)nc3)cc2)CC1. The fourth-order valence-electron chi connectivity index (χ4n) is 3.13. The molecule has 2 heterocycles. The van der Waals surface area contributed by atoms with Crippen molar-refractivity contribution in [2.24, 2.45) is 5.92 Å². The Kier molecular flexibility index (Phi) is 5.76. The van der Waals surface area contributed by atoms with Crippen LogP contribution in [0.4, 0.5) is 17.1 Å². The number of aromatic nitrogens is 1. The molecule has 3 rings (SSSR count). The molecule has 5 nitrogen and oxygen atoms in total. The Bertz CT molecular complexity index is 717. The van der Waals surface area contributed by atoms with Crippen LogP contribution < -0.4 is 15.5 Å². The van der Waals surface area contributed by atoms with Gasteiger partial charge in [0.25, 0.3) is 5.91 Å². The lowest BCUT2D eigenvalue weighted by Crippen LogP contribution is -2.32. The van der Waals surface area contributed by atoms with E-state index < -0.39 is 0 Å². The van der Waals surface area contributed by atoms with Crippen molar-refractivity contribution in [1.29, 1.82) is 0 Å². The standard InChI is InChI=1S/C21H28N4O/c1-15(2)23-21(26)20-9-6-18(14-22-20)24-17-4-7-19(8-5-17)25-12-10-16(3)11-13-25/h4-9,14-16,24H,10-13H2,1-3H3,(H,23,26). The highest BCUT2D eigenvalue weighted by Gasteiger charge is 2.15. The molecule has 1 aliphatic rings. The van der Waals surface area contributed by atoms with Crippen LogP contribution >= 0.6 is 0 Å². The molecule has 2 aromatic rings. The summed E-state index contributed by atoms with van der Waals surface area (Å²) in [6.07, 6.45) is 4.22. The summed E-state index contributed by atoms with van der Waals surface area (Å²) < 4.78 is 0. The highest BCUT2D eigenvalue weighted by Crippen LogP contribution is 2.25. The van der Waals surface area contributed by atoms with Gasteiger partial charge in [-0.2, -0.15) is 0 Å². The second-order valence-electron chi connectivity index (χ2n) is 7.40. The molecule has 1 saturated heterocycles. The van der Waals surface area contributed by atoms with Crippen LogP contribution in [0.1, 0.15) is 44.1 Å². The highest BCUT2D eigenvalue weighted by atomic mass is 16.1. The number of piperidine rings is 1. The van der Waals surface area contributed by atoms with E-state index in [0.717, 1.165) is 30.4 Å². The Morgan fingerprint density at radius 2 is 1.73 bits per heavy atom. The fourth-order valence-corrected chi connectivity index (χ4v) is 3.13. The second-order valence-corrected chi connectivity index (χ2v) is 7.40. The largest absolute Gasteiger partial charge is 0.372 e. The van der Waals surface area contributed by atoms with Crippen molar-refractivity contribution in [2.45, 2.75) is 39.7 Å². The maximum atomic E-state index is 11.9. The molecule has 2 N–H and O–H groups in total. The van der Waals surface area contributed by atoms with E-state index in [1.54, 1.807) is 12.3 Å². The van der Waals surface area contributed by atoms with E-state index in [-0.39, 0.29) is 11.9 Å². The summed E-state index contributed by atoms with van der Waals surface area (Å²) in [4.78, 5) is 18.6. The van der Waals surface area contributed by atoms with Crippen LogP contribution in [0.15, 0.2) is 42.6 Å². The first-order chi connectivity index (χ1) is 12.5. The summed E-state index contributed by atoms with van der Waals surface area (Å²) in [5.74, 6) is 0.692. The van der Waals surface area contributed by atoms with Crippen LogP contribution in [0, 0.1) is 5.92 Å². The first-order valence-corrected chi connectivity index (χ1v) is 9.40. The lowest BCUT2D eigenvalue weighted by Gasteiger charge is -2.32. The van der Waals surface area contributed by atoms with Gasteiger partial charge in [-0.1, -0.05) is 6.92 Å². The average molecular weight is 352 g/mol. The zero-order chi connectivity index (χ0) is 18.5. The molecule has 1 amide bonds. The summed E-state index contributed by atoms with van der Waals surface area (Å²) in [5, 5.41) is 6.18. The second kappa shape index (κ2) is 8.21. The molecule has 1 fully saturated rings. The Morgan fingerprint density at radius 1 is 1.08 bits per heavy atom. The predicted octanol–water partition coefficient (Wildman–Crippen LogP) is 4.20. The molecule has 0 spiro atoms. The Hall–Kier alpha value is -2.56. The number of nitrogens with zero attached hydrogens (tertiary/aromatic N) is 2. The number of anilines is 3. The predicted molar refractivity (Wildman–Crippen MR) is 107 cm³/mol. The van der Waals surface area contributed by atoms with Crippen molar-refractivity contribution >= 4 is 23.0 Å². The van der Waals surface area contributed by atoms with Crippen molar-refractivity contribution in [1.82, 2.24) is 10.3 Å². The summed E-state index contributed by atoms with van der Waals surface area (Å²) in [7, 11) is 0. The third-order valence-corrected chi connectivity index (χ3v) is 4.72. The van der Waals surface area contributed by atoms with Crippen LogP contribution in [-0.4, -0.2) is 30.0 Å².